The third-order valence-electron chi connectivity index (χ3n) is 4.38. The van der Waals surface area contributed by atoms with Crippen molar-refractivity contribution in [3.8, 4) is 5.75 Å². The molecule has 0 radical (unpaired) electrons. The highest BCUT2D eigenvalue weighted by Crippen LogP contribution is 2.39. The zero-order valence-electron chi connectivity index (χ0n) is 13.9. The van der Waals surface area contributed by atoms with Crippen LogP contribution in [0.2, 0.25) is 0 Å². The van der Waals surface area contributed by atoms with Gasteiger partial charge in [-0.2, -0.15) is 17.0 Å². The van der Waals surface area contributed by atoms with Crippen LogP contribution in [-0.4, -0.2) is 31.2 Å². The average Bonchev–Trinajstić information content (AvgIpc) is 2.69. The Balaban J connectivity index is 2.36. The summed E-state index contributed by atoms with van der Waals surface area (Å²) in [6.07, 6.45) is 1.51. The van der Waals surface area contributed by atoms with Crippen LogP contribution < -0.4 is 4.74 Å². The van der Waals surface area contributed by atoms with E-state index >= 15 is 0 Å². The first-order valence-corrected chi connectivity index (χ1v) is 7.95. The molecule has 0 N–H and O–H groups in total. The molecule has 1 saturated heterocycles. The van der Waals surface area contributed by atoms with Gasteiger partial charge in [0.1, 0.15) is 0 Å². The largest absolute Gasteiger partial charge is 0.494 e. The topological polar surface area (TPSA) is 27.7 Å². The summed E-state index contributed by atoms with van der Waals surface area (Å²) in [6, 6.07) is 2.83. The maximum absolute atomic E-state index is 14.1. The highest BCUT2D eigenvalue weighted by molar-refractivity contribution is 7.80. The molecule has 23 heavy (non-hydrogen) atoms. The van der Waals surface area contributed by atoms with E-state index in [1.807, 2.05) is 27.7 Å². The summed E-state index contributed by atoms with van der Waals surface area (Å²) in [5.41, 5.74) is -0.301. The van der Waals surface area contributed by atoms with Gasteiger partial charge >= 0.3 is 7.12 Å². The molecule has 2 rings (SSSR count). The molecular formula is C16H21BF2O3S. The molecule has 0 bridgehead atoms. The monoisotopic (exact) mass is 342 g/mol. The summed E-state index contributed by atoms with van der Waals surface area (Å²) >= 11 is 4.26. The number of hydrogen-bond donors (Lipinski definition) is 1. The summed E-state index contributed by atoms with van der Waals surface area (Å²) in [5.74, 6) is -1.83. The fourth-order valence-corrected chi connectivity index (χ4v) is 2.44. The van der Waals surface area contributed by atoms with Crippen molar-refractivity contribution < 1.29 is 22.8 Å². The smallest absolute Gasteiger partial charge is 0.491 e. The molecule has 1 fully saturated rings. The van der Waals surface area contributed by atoms with E-state index in [-0.39, 0.29) is 11.3 Å². The van der Waals surface area contributed by atoms with E-state index in [1.165, 1.54) is 25.3 Å². The van der Waals surface area contributed by atoms with Crippen LogP contribution in [0.25, 0.3) is 6.08 Å². The van der Waals surface area contributed by atoms with Crippen molar-refractivity contribution in [2.75, 3.05) is 12.9 Å². The first kappa shape index (κ1) is 18.3. The number of benzene rings is 1. The van der Waals surface area contributed by atoms with Gasteiger partial charge in [-0.25, -0.2) is 4.39 Å². The zero-order valence-corrected chi connectivity index (χ0v) is 14.8. The summed E-state index contributed by atoms with van der Waals surface area (Å²) in [6.45, 7) is 7.71. The summed E-state index contributed by atoms with van der Waals surface area (Å²) in [7, 11) is 0.638. The number of halogens is 2. The maximum Gasteiger partial charge on any atom is 0.491 e. The molecule has 0 saturated carbocycles. The SMILES string of the molecule is COc1ccc(C=C(CS)B2OC(C)(C)C(C)(C)O2)c(F)c1F. The zero-order chi connectivity index (χ0) is 17.4. The number of hydrogen-bond acceptors (Lipinski definition) is 4. The fourth-order valence-electron chi connectivity index (χ4n) is 2.20. The van der Waals surface area contributed by atoms with Crippen molar-refractivity contribution in [2.45, 2.75) is 38.9 Å². The number of ether oxygens (including phenoxy) is 1. The second kappa shape index (κ2) is 6.45. The van der Waals surface area contributed by atoms with Gasteiger partial charge in [0.2, 0.25) is 5.82 Å². The lowest BCUT2D eigenvalue weighted by Gasteiger charge is -2.32. The Kier molecular flexibility index (Phi) is 5.13. The number of thiol groups is 1. The van der Waals surface area contributed by atoms with Gasteiger partial charge in [-0.1, -0.05) is 6.08 Å². The first-order chi connectivity index (χ1) is 10.6. The second-order valence-electron chi connectivity index (χ2n) is 6.45. The number of rotatable bonds is 4. The molecule has 7 heteroatoms. The number of methoxy groups -OCH3 is 1. The summed E-state index contributed by atoms with van der Waals surface area (Å²) < 4.78 is 44.6. The van der Waals surface area contributed by atoms with Gasteiger partial charge in [0.25, 0.3) is 0 Å². The summed E-state index contributed by atoms with van der Waals surface area (Å²) in [5, 5.41) is 0. The van der Waals surface area contributed by atoms with E-state index in [1.54, 1.807) is 0 Å². The van der Waals surface area contributed by atoms with E-state index in [4.69, 9.17) is 14.0 Å². The average molecular weight is 342 g/mol. The van der Waals surface area contributed by atoms with E-state index in [2.05, 4.69) is 12.6 Å². The van der Waals surface area contributed by atoms with Crippen LogP contribution in [0.3, 0.4) is 0 Å². The fraction of sp³-hybridized carbons (Fsp3) is 0.500. The minimum atomic E-state index is -1.02. The molecule has 0 spiro atoms. The van der Waals surface area contributed by atoms with Crippen molar-refractivity contribution in [3.05, 3.63) is 34.8 Å². The van der Waals surface area contributed by atoms with Crippen molar-refractivity contribution >= 4 is 25.8 Å². The molecule has 126 valence electrons. The van der Waals surface area contributed by atoms with Crippen LogP contribution in [0.1, 0.15) is 33.3 Å². The second-order valence-corrected chi connectivity index (χ2v) is 6.77. The lowest BCUT2D eigenvalue weighted by Crippen LogP contribution is -2.41. The van der Waals surface area contributed by atoms with Gasteiger partial charge in [-0.05, 0) is 45.3 Å². The van der Waals surface area contributed by atoms with Crippen LogP contribution in [-0.2, 0) is 9.31 Å². The van der Waals surface area contributed by atoms with Crippen LogP contribution in [0.4, 0.5) is 8.78 Å². The predicted octanol–water partition coefficient (Wildman–Crippen LogP) is 3.92. The Hall–Kier alpha value is -1.05. The van der Waals surface area contributed by atoms with Crippen LogP contribution in [0, 0.1) is 11.6 Å². The first-order valence-electron chi connectivity index (χ1n) is 7.32. The third kappa shape index (κ3) is 3.41. The maximum atomic E-state index is 14.1. The molecule has 3 nitrogen and oxygen atoms in total. The van der Waals surface area contributed by atoms with Gasteiger partial charge in [-0.15, -0.1) is 0 Å². The molecule has 0 aliphatic carbocycles. The highest BCUT2D eigenvalue weighted by atomic mass is 32.1. The van der Waals surface area contributed by atoms with E-state index < -0.39 is 30.0 Å². The van der Waals surface area contributed by atoms with Crippen molar-refractivity contribution in [1.82, 2.24) is 0 Å². The molecule has 1 aliphatic rings. The van der Waals surface area contributed by atoms with E-state index in [0.717, 1.165) is 0 Å². The molecule has 0 unspecified atom stereocenters. The molecule has 1 heterocycles. The minimum Gasteiger partial charge on any atom is -0.494 e. The van der Waals surface area contributed by atoms with Gasteiger partial charge in [0, 0.05) is 11.3 Å². The van der Waals surface area contributed by atoms with Crippen molar-refractivity contribution in [3.63, 3.8) is 0 Å². The van der Waals surface area contributed by atoms with Crippen molar-refractivity contribution in [1.29, 1.82) is 0 Å². The Morgan fingerprint density at radius 1 is 1.17 bits per heavy atom. The lowest BCUT2D eigenvalue weighted by atomic mass is 9.78. The van der Waals surface area contributed by atoms with E-state index in [0.29, 0.717) is 11.2 Å². The molecule has 0 aromatic heterocycles. The Morgan fingerprint density at radius 3 is 2.22 bits per heavy atom. The Labute approximate surface area is 141 Å². The quantitative estimate of drug-likeness (QED) is 0.664. The predicted molar refractivity (Wildman–Crippen MR) is 90.8 cm³/mol. The molecule has 0 atom stereocenters. The molecular weight excluding hydrogens is 321 g/mol. The van der Waals surface area contributed by atoms with Crippen molar-refractivity contribution in [2.24, 2.45) is 0 Å². The van der Waals surface area contributed by atoms with Crippen LogP contribution >= 0.6 is 12.6 Å². The van der Waals surface area contributed by atoms with E-state index in [9.17, 15) is 8.78 Å². The molecule has 1 aliphatic heterocycles. The third-order valence-corrected chi connectivity index (χ3v) is 4.74. The molecule has 1 aromatic rings. The minimum absolute atomic E-state index is 0.0991. The Morgan fingerprint density at radius 2 is 1.74 bits per heavy atom. The summed E-state index contributed by atoms with van der Waals surface area (Å²) in [4.78, 5) is 0. The Bertz CT molecular complexity index is 616. The highest BCUT2D eigenvalue weighted by Gasteiger charge is 2.52. The van der Waals surface area contributed by atoms with Gasteiger partial charge in [-0.3, -0.25) is 0 Å². The molecule has 1 aromatic carbocycles. The van der Waals surface area contributed by atoms with Gasteiger partial charge in [0.15, 0.2) is 11.6 Å². The van der Waals surface area contributed by atoms with Crippen LogP contribution in [0.15, 0.2) is 17.6 Å². The van der Waals surface area contributed by atoms with Crippen LogP contribution in [0.5, 0.6) is 5.75 Å². The normalized spacial score (nSPS) is 20.0. The van der Waals surface area contributed by atoms with Gasteiger partial charge in [0.05, 0.1) is 18.3 Å². The standard InChI is InChI=1S/C16H21BF2O3S/c1-15(2)16(3,4)22-17(21-15)11(9-23)8-10-6-7-12(20-5)14(19)13(10)18/h6-8,23H,9H2,1-5H3. The lowest BCUT2D eigenvalue weighted by molar-refractivity contribution is 0.00578. The van der Waals surface area contributed by atoms with Gasteiger partial charge < -0.3 is 14.0 Å². The molecule has 0 amide bonds.